The molecule has 0 saturated carbocycles. The topological polar surface area (TPSA) is 102 Å². The van der Waals surface area contributed by atoms with Gasteiger partial charge in [-0.15, -0.1) is 0 Å². The molecule has 0 radical (unpaired) electrons. The highest BCUT2D eigenvalue weighted by Crippen LogP contribution is 2.24. The number of nitrogens with two attached hydrogens (primary N) is 1. The molecule has 0 unspecified atom stereocenters. The summed E-state index contributed by atoms with van der Waals surface area (Å²) >= 11 is 0. The second-order valence-corrected chi connectivity index (χ2v) is 4.44. The van der Waals surface area contributed by atoms with E-state index in [4.69, 9.17) is 14.9 Å². The van der Waals surface area contributed by atoms with Gasteiger partial charge in [0.05, 0.1) is 12.9 Å². The molecule has 1 heterocycles. The zero-order valence-corrected chi connectivity index (χ0v) is 12.1. The number of oxazole rings is 1. The molecule has 7 nitrogen and oxygen atoms in total. The highest BCUT2D eigenvalue weighted by Gasteiger charge is 2.08. The van der Waals surface area contributed by atoms with Gasteiger partial charge in [-0.25, -0.2) is 4.39 Å². The van der Waals surface area contributed by atoms with Crippen LogP contribution in [0.2, 0.25) is 0 Å². The highest BCUT2D eigenvalue weighted by atomic mass is 19.1. The van der Waals surface area contributed by atoms with Crippen molar-refractivity contribution in [3.63, 3.8) is 0 Å². The fourth-order valence-corrected chi connectivity index (χ4v) is 1.63. The number of fused-ring (bicyclic) bond motifs is 1. The molecule has 0 fully saturated rings. The van der Waals surface area contributed by atoms with Crippen LogP contribution < -0.4 is 21.1 Å². The van der Waals surface area contributed by atoms with Crippen LogP contribution in [-0.4, -0.2) is 37.6 Å². The molecular weight excluding hydrogens is 291 g/mol. The lowest BCUT2D eigenvalue weighted by atomic mass is 10.3. The Bertz CT molecular complexity index is 684. The largest absolute Gasteiger partial charge is 0.489 e. The van der Waals surface area contributed by atoms with Crippen molar-refractivity contribution in [3.8, 4) is 5.75 Å². The van der Waals surface area contributed by atoms with Gasteiger partial charge in [0.1, 0.15) is 17.9 Å². The Morgan fingerprint density at radius 3 is 3.05 bits per heavy atom. The van der Waals surface area contributed by atoms with E-state index in [1.165, 1.54) is 0 Å². The minimum Gasteiger partial charge on any atom is -0.489 e. The van der Waals surface area contributed by atoms with Crippen LogP contribution in [0.15, 0.2) is 34.5 Å². The van der Waals surface area contributed by atoms with Gasteiger partial charge in [-0.05, 0) is 12.1 Å². The van der Waals surface area contributed by atoms with Gasteiger partial charge in [0.2, 0.25) is 5.91 Å². The van der Waals surface area contributed by atoms with E-state index in [1.807, 2.05) is 0 Å². The minimum atomic E-state index is -0.182. The van der Waals surface area contributed by atoms with Crippen molar-refractivity contribution in [2.24, 2.45) is 5.73 Å². The molecule has 0 aliphatic carbocycles. The zero-order valence-electron chi connectivity index (χ0n) is 12.1. The molecule has 0 atom stereocenters. The van der Waals surface area contributed by atoms with Crippen molar-refractivity contribution >= 4 is 23.0 Å². The van der Waals surface area contributed by atoms with Gasteiger partial charge in [-0.3, -0.25) is 4.79 Å². The molecule has 8 heteroatoms. The molecule has 0 spiro atoms. The van der Waals surface area contributed by atoms with Gasteiger partial charge in [0.15, 0.2) is 5.58 Å². The van der Waals surface area contributed by atoms with Gasteiger partial charge in [0.25, 0.3) is 6.01 Å². The van der Waals surface area contributed by atoms with Crippen LogP contribution >= 0.6 is 0 Å². The molecule has 118 valence electrons. The maximum atomic E-state index is 12.4. The van der Waals surface area contributed by atoms with E-state index in [2.05, 4.69) is 15.6 Å². The summed E-state index contributed by atoms with van der Waals surface area (Å²) in [6.45, 7) is 0.219. The maximum absolute atomic E-state index is 12.4. The normalized spacial score (nSPS) is 11.5. The molecule has 1 aromatic carbocycles. The molecular formula is C14H17FN4O3. The van der Waals surface area contributed by atoms with E-state index < -0.39 is 0 Å². The number of rotatable bonds is 7. The standard InChI is InChI=1S/C14H17FN4O3/c1-17-13(20)7-18-14-19-11-3-2-10(4-12(11)22-14)21-8-9(5-15)6-16/h2-5H,6-8,16H2,1H3,(H,17,20)(H,18,19)/b9-5-. The average Bonchev–Trinajstić information content (AvgIpc) is 2.95. The zero-order chi connectivity index (χ0) is 15.9. The Morgan fingerprint density at radius 2 is 2.36 bits per heavy atom. The van der Waals surface area contributed by atoms with Gasteiger partial charge in [-0.1, -0.05) is 0 Å². The number of benzene rings is 1. The summed E-state index contributed by atoms with van der Waals surface area (Å²) in [5.41, 5.74) is 6.82. The van der Waals surface area contributed by atoms with Crippen LogP contribution in [0.25, 0.3) is 11.1 Å². The van der Waals surface area contributed by atoms with Crippen LogP contribution in [0.4, 0.5) is 10.4 Å². The van der Waals surface area contributed by atoms with Crippen molar-refractivity contribution in [1.82, 2.24) is 10.3 Å². The molecule has 2 aromatic rings. The van der Waals surface area contributed by atoms with Crippen LogP contribution in [-0.2, 0) is 4.79 Å². The summed E-state index contributed by atoms with van der Waals surface area (Å²) < 4.78 is 23.3. The van der Waals surface area contributed by atoms with Crippen molar-refractivity contribution in [2.75, 3.05) is 32.1 Å². The molecule has 22 heavy (non-hydrogen) atoms. The number of aromatic nitrogens is 1. The van der Waals surface area contributed by atoms with Gasteiger partial charge >= 0.3 is 0 Å². The van der Waals surface area contributed by atoms with Crippen molar-refractivity contribution in [1.29, 1.82) is 0 Å². The lowest BCUT2D eigenvalue weighted by Gasteiger charge is -2.06. The maximum Gasteiger partial charge on any atom is 0.296 e. The molecule has 1 aromatic heterocycles. The SMILES string of the molecule is CNC(=O)CNc1nc2ccc(OC/C(=C\F)CN)cc2o1. The fraction of sp³-hybridized carbons (Fsp3) is 0.286. The van der Waals surface area contributed by atoms with Gasteiger partial charge in [-0.2, -0.15) is 4.98 Å². The first-order valence-corrected chi connectivity index (χ1v) is 6.62. The average molecular weight is 308 g/mol. The molecule has 4 N–H and O–H groups in total. The Labute approximate surface area is 126 Å². The van der Waals surface area contributed by atoms with Gasteiger partial charge in [0, 0.05) is 25.2 Å². The first kappa shape index (κ1) is 15.8. The van der Waals surface area contributed by atoms with Crippen LogP contribution in [0.3, 0.4) is 0 Å². The Kier molecular flexibility index (Phi) is 5.31. The van der Waals surface area contributed by atoms with E-state index in [0.717, 1.165) is 0 Å². The summed E-state index contributed by atoms with van der Waals surface area (Å²) in [4.78, 5) is 15.3. The third-order valence-corrected chi connectivity index (χ3v) is 2.88. The number of hydrogen-bond acceptors (Lipinski definition) is 6. The molecule has 2 rings (SSSR count). The third kappa shape index (κ3) is 3.95. The van der Waals surface area contributed by atoms with E-state index in [9.17, 15) is 9.18 Å². The fourth-order valence-electron chi connectivity index (χ4n) is 1.63. The molecule has 1 amide bonds. The van der Waals surface area contributed by atoms with Crippen molar-refractivity contribution in [3.05, 3.63) is 30.1 Å². The predicted molar refractivity (Wildman–Crippen MR) is 80.3 cm³/mol. The highest BCUT2D eigenvalue weighted by molar-refractivity contribution is 5.81. The third-order valence-electron chi connectivity index (χ3n) is 2.88. The van der Waals surface area contributed by atoms with Crippen LogP contribution in [0.5, 0.6) is 5.75 Å². The number of ether oxygens (including phenoxy) is 1. The van der Waals surface area contributed by atoms with Crippen molar-refractivity contribution < 1.29 is 18.3 Å². The predicted octanol–water partition coefficient (Wildman–Crippen LogP) is 1.18. The number of amides is 1. The van der Waals surface area contributed by atoms with Crippen molar-refractivity contribution in [2.45, 2.75) is 0 Å². The van der Waals surface area contributed by atoms with E-state index in [0.29, 0.717) is 28.8 Å². The van der Waals surface area contributed by atoms with Crippen LogP contribution in [0.1, 0.15) is 0 Å². The van der Waals surface area contributed by atoms with E-state index in [1.54, 1.807) is 25.2 Å². The number of likely N-dealkylation sites (N-methyl/N-ethyl adjacent to an activating group) is 1. The lowest BCUT2D eigenvalue weighted by Crippen LogP contribution is -2.26. The second-order valence-electron chi connectivity index (χ2n) is 4.44. The first-order valence-electron chi connectivity index (χ1n) is 6.62. The summed E-state index contributed by atoms with van der Waals surface area (Å²) in [6, 6.07) is 5.28. The monoisotopic (exact) mass is 308 g/mol. The quantitative estimate of drug-likeness (QED) is 0.710. The molecule has 0 aliphatic rings. The molecule has 0 saturated heterocycles. The van der Waals surface area contributed by atoms with E-state index >= 15 is 0 Å². The number of carbonyl (C=O) groups is 1. The smallest absolute Gasteiger partial charge is 0.296 e. The number of nitrogens with zero attached hydrogens (tertiary/aromatic N) is 1. The number of halogens is 1. The van der Waals surface area contributed by atoms with Crippen LogP contribution in [0, 0.1) is 0 Å². The molecule has 0 aliphatic heterocycles. The summed E-state index contributed by atoms with van der Waals surface area (Å²) in [6.07, 6.45) is 0.438. The minimum absolute atomic E-state index is 0.0633. The van der Waals surface area contributed by atoms with Gasteiger partial charge < -0.3 is 25.5 Å². The van der Waals surface area contributed by atoms with E-state index in [-0.39, 0.29) is 31.6 Å². The summed E-state index contributed by atoms with van der Waals surface area (Å²) in [5, 5.41) is 5.25. The molecule has 0 bridgehead atoms. The number of carbonyl (C=O) groups excluding carboxylic acids is 1. The summed E-state index contributed by atoms with van der Waals surface area (Å²) in [7, 11) is 1.54. The Balaban J connectivity index is 2.05. The Morgan fingerprint density at radius 1 is 1.55 bits per heavy atom. The summed E-state index contributed by atoms with van der Waals surface area (Å²) in [5.74, 6) is 0.327. The Hall–Kier alpha value is -2.61. The first-order chi connectivity index (χ1) is 10.7. The number of hydrogen-bond donors (Lipinski definition) is 3. The number of nitrogens with one attached hydrogen (secondary N) is 2. The lowest BCUT2D eigenvalue weighted by molar-refractivity contribution is -0.118. The second kappa shape index (κ2) is 7.41. The number of anilines is 1.